The molecule has 0 spiro atoms. The molecule has 1 fully saturated rings. The van der Waals surface area contributed by atoms with Crippen LogP contribution in [0.25, 0.3) is 0 Å². The van der Waals surface area contributed by atoms with Crippen LogP contribution in [0.5, 0.6) is 17.2 Å². The normalized spacial score (nSPS) is 17.4. The van der Waals surface area contributed by atoms with E-state index in [4.69, 9.17) is 14.2 Å². The van der Waals surface area contributed by atoms with Crippen LogP contribution in [0.4, 0.5) is 0 Å². The molecule has 33 heavy (non-hydrogen) atoms. The van der Waals surface area contributed by atoms with Crippen LogP contribution in [0.3, 0.4) is 0 Å². The molecule has 1 atom stereocenters. The van der Waals surface area contributed by atoms with Gasteiger partial charge in [-0.05, 0) is 43.5 Å². The molecule has 1 unspecified atom stereocenters. The Morgan fingerprint density at radius 1 is 0.939 bits per heavy atom. The summed E-state index contributed by atoms with van der Waals surface area (Å²) in [4.78, 5) is 18.4. The first-order valence-corrected chi connectivity index (χ1v) is 11.1. The first kappa shape index (κ1) is 20.9. The van der Waals surface area contributed by atoms with Crippen molar-refractivity contribution in [2.75, 3.05) is 19.8 Å². The van der Waals surface area contributed by atoms with E-state index in [9.17, 15) is 4.79 Å². The van der Waals surface area contributed by atoms with Crippen molar-refractivity contribution in [3.63, 3.8) is 0 Å². The number of hydrogen-bond donors (Lipinski definition) is 0. The number of benzene rings is 2. The Morgan fingerprint density at radius 2 is 1.73 bits per heavy atom. The predicted molar refractivity (Wildman–Crippen MR) is 124 cm³/mol. The fourth-order valence-electron chi connectivity index (χ4n) is 4.00. The van der Waals surface area contributed by atoms with Crippen molar-refractivity contribution in [2.45, 2.75) is 26.0 Å². The van der Waals surface area contributed by atoms with Crippen LogP contribution < -0.4 is 14.2 Å². The van der Waals surface area contributed by atoms with Gasteiger partial charge < -0.3 is 19.1 Å². The van der Waals surface area contributed by atoms with Gasteiger partial charge in [-0.1, -0.05) is 30.2 Å². The monoisotopic (exact) mass is 440 g/mol. The van der Waals surface area contributed by atoms with E-state index in [-0.39, 0.29) is 12.1 Å². The number of aromatic nitrogens is 1. The molecule has 1 saturated heterocycles. The van der Waals surface area contributed by atoms with Gasteiger partial charge in [0.05, 0.1) is 5.56 Å². The van der Waals surface area contributed by atoms with E-state index in [1.165, 1.54) is 0 Å². The molecule has 1 aromatic heterocycles. The van der Waals surface area contributed by atoms with Crippen LogP contribution in [-0.2, 0) is 0 Å². The highest BCUT2D eigenvalue weighted by Crippen LogP contribution is 2.41. The summed E-state index contributed by atoms with van der Waals surface area (Å²) in [6.45, 7) is 3.80. The highest BCUT2D eigenvalue weighted by atomic mass is 16.6. The van der Waals surface area contributed by atoms with Gasteiger partial charge >= 0.3 is 0 Å². The maximum Gasteiger partial charge on any atom is 0.260 e. The number of pyridine rings is 1. The summed E-state index contributed by atoms with van der Waals surface area (Å²) < 4.78 is 16.9. The van der Waals surface area contributed by atoms with Gasteiger partial charge in [0.25, 0.3) is 5.91 Å². The Balaban J connectivity index is 0.000000141. The van der Waals surface area contributed by atoms with Crippen molar-refractivity contribution in [3.05, 3.63) is 83.2 Å². The van der Waals surface area contributed by atoms with Gasteiger partial charge in [-0.25, -0.2) is 4.98 Å². The van der Waals surface area contributed by atoms with Gasteiger partial charge in [-0.2, -0.15) is 0 Å². The first-order valence-electron chi connectivity index (χ1n) is 11.1. The molecule has 3 aliphatic heterocycles. The molecule has 0 N–H and O–H groups in total. The third-order valence-electron chi connectivity index (χ3n) is 5.59. The minimum absolute atomic E-state index is 0.0377. The van der Waals surface area contributed by atoms with Gasteiger partial charge in [0.2, 0.25) is 0 Å². The van der Waals surface area contributed by atoms with Gasteiger partial charge in [-0.15, -0.1) is 0 Å². The van der Waals surface area contributed by atoms with Crippen molar-refractivity contribution in [3.8, 4) is 29.1 Å². The number of aryl methyl sites for hydroxylation is 1. The second kappa shape index (κ2) is 9.25. The number of hydrogen-bond acceptors (Lipinski definition) is 5. The fraction of sp³-hybridized carbons (Fsp3) is 0.259. The van der Waals surface area contributed by atoms with E-state index in [1.807, 2.05) is 55.5 Å². The molecule has 6 heteroatoms. The molecule has 1 amide bonds. The molecule has 2 aromatic carbocycles. The Labute approximate surface area is 193 Å². The second-order valence-corrected chi connectivity index (χ2v) is 7.99. The standard InChI is InChI=1S/C14H11N.C13H13NO4/c1-12-6-5-9-14(15-12)11-10-13-7-3-2-4-8-13;15-13-8-6-10-11(17-5-4-16-10)7-9(8)18-12-2-1-3-14(12)13/h2-9H,1H3;6-7,12H,1-5H2. The molecular formula is C27H24N2O4. The highest BCUT2D eigenvalue weighted by molar-refractivity contribution is 5.99. The van der Waals surface area contributed by atoms with Gasteiger partial charge in [0.15, 0.2) is 17.7 Å². The summed E-state index contributed by atoms with van der Waals surface area (Å²) in [5.41, 5.74) is 3.41. The summed E-state index contributed by atoms with van der Waals surface area (Å²) >= 11 is 0. The Kier molecular flexibility index (Phi) is 5.86. The summed E-state index contributed by atoms with van der Waals surface area (Å²) in [6, 6.07) is 19.3. The zero-order valence-electron chi connectivity index (χ0n) is 18.4. The van der Waals surface area contributed by atoms with Crippen LogP contribution in [-0.4, -0.2) is 41.8 Å². The van der Waals surface area contributed by atoms with E-state index in [2.05, 4.69) is 16.8 Å². The smallest absolute Gasteiger partial charge is 0.260 e. The molecule has 0 aliphatic carbocycles. The fourth-order valence-corrected chi connectivity index (χ4v) is 4.00. The number of rotatable bonds is 0. The van der Waals surface area contributed by atoms with Crippen molar-refractivity contribution >= 4 is 5.91 Å². The van der Waals surface area contributed by atoms with Crippen LogP contribution >= 0.6 is 0 Å². The Morgan fingerprint density at radius 3 is 2.52 bits per heavy atom. The predicted octanol–water partition coefficient (Wildman–Crippen LogP) is 4.20. The molecule has 4 heterocycles. The Hall–Kier alpha value is -3.98. The number of carbonyl (C=O) groups is 1. The van der Waals surface area contributed by atoms with Crippen LogP contribution in [0.15, 0.2) is 60.7 Å². The zero-order chi connectivity index (χ0) is 22.6. The van der Waals surface area contributed by atoms with Crippen molar-refractivity contribution < 1.29 is 19.0 Å². The topological polar surface area (TPSA) is 60.9 Å². The number of nitrogens with zero attached hydrogens (tertiary/aromatic N) is 2. The highest BCUT2D eigenvalue weighted by Gasteiger charge is 2.38. The van der Waals surface area contributed by atoms with E-state index >= 15 is 0 Å². The molecule has 3 aromatic rings. The molecule has 0 saturated carbocycles. The van der Waals surface area contributed by atoms with E-state index in [0.717, 1.165) is 36.3 Å². The van der Waals surface area contributed by atoms with Crippen molar-refractivity contribution in [1.29, 1.82) is 0 Å². The largest absolute Gasteiger partial charge is 0.486 e. The third-order valence-corrected chi connectivity index (χ3v) is 5.59. The average molecular weight is 440 g/mol. The number of fused-ring (bicyclic) bond motifs is 3. The van der Waals surface area contributed by atoms with Crippen molar-refractivity contribution in [1.82, 2.24) is 9.88 Å². The summed E-state index contributed by atoms with van der Waals surface area (Å²) in [6.07, 6.45) is 1.80. The minimum Gasteiger partial charge on any atom is -0.486 e. The third kappa shape index (κ3) is 4.63. The van der Waals surface area contributed by atoms with Crippen LogP contribution in [0.2, 0.25) is 0 Å². The quantitative estimate of drug-likeness (QED) is 0.491. The Bertz CT molecular complexity index is 1230. The van der Waals surface area contributed by atoms with Gasteiger partial charge in [-0.3, -0.25) is 4.79 Å². The van der Waals surface area contributed by atoms with E-state index < -0.39 is 0 Å². The van der Waals surface area contributed by atoms with Crippen LogP contribution in [0.1, 0.15) is 40.2 Å². The second-order valence-electron chi connectivity index (χ2n) is 7.99. The molecule has 6 nitrogen and oxygen atoms in total. The number of carbonyl (C=O) groups excluding carboxylic acids is 1. The molecule has 166 valence electrons. The summed E-state index contributed by atoms with van der Waals surface area (Å²) in [5, 5.41) is 0. The molecule has 0 radical (unpaired) electrons. The molecule has 6 rings (SSSR count). The molecule has 0 bridgehead atoms. The van der Waals surface area contributed by atoms with E-state index in [0.29, 0.717) is 36.0 Å². The first-order chi connectivity index (χ1) is 16.2. The maximum absolute atomic E-state index is 12.3. The zero-order valence-corrected chi connectivity index (χ0v) is 18.4. The summed E-state index contributed by atoms with van der Waals surface area (Å²) in [7, 11) is 0. The number of amides is 1. The lowest BCUT2D eigenvalue weighted by atomic mass is 10.1. The molecular weight excluding hydrogens is 416 g/mol. The summed E-state index contributed by atoms with van der Waals surface area (Å²) in [5.74, 6) is 8.07. The SMILES string of the molecule is Cc1cccc(C#Cc2ccccc2)n1.O=C1c2cc3c(cc2OC2CCCN12)OCCO3. The number of ether oxygens (including phenoxy) is 3. The maximum atomic E-state index is 12.3. The van der Waals surface area contributed by atoms with Crippen LogP contribution in [0, 0.1) is 18.8 Å². The lowest BCUT2D eigenvalue weighted by molar-refractivity contribution is 0.0289. The van der Waals surface area contributed by atoms with Crippen molar-refractivity contribution in [2.24, 2.45) is 0 Å². The molecule has 3 aliphatic rings. The van der Waals surface area contributed by atoms with Gasteiger partial charge in [0.1, 0.15) is 24.7 Å². The minimum atomic E-state index is -0.104. The van der Waals surface area contributed by atoms with E-state index in [1.54, 1.807) is 17.0 Å². The van der Waals surface area contributed by atoms with Gasteiger partial charge in [0, 0.05) is 36.4 Å². The lowest BCUT2D eigenvalue weighted by Crippen LogP contribution is -2.43. The average Bonchev–Trinajstić information content (AvgIpc) is 3.32. The lowest BCUT2D eigenvalue weighted by Gasteiger charge is -2.32.